The summed E-state index contributed by atoms with van der Waals surface area (Å²) in [6, 6.07) is 8.41. The van der Waals surface area contributed by atoms with Crippen molar-refractivity contribution in [2.45, 2.75) is 19.4 Å². The van der Waals surface area contributed by atoms with Gasteiger partial charge in [0.1, 0.15) is 12.4 Å². The molecule has 3 rings (SSSR count). The van der Waals surface area contributed by atoms with Gasteiger partial charge in [0.2, 0.25) is 0 Å². The third-order valence-corrected chi connectivity index (χ3v) is 4.36. The number of aromatic nitrogens is 2. The maximum absolute atomic E-state index is 13.0. The van der Waals surface area contributed by atoms with Crippen LogP contribution in [0.3, 0.4) is 0 Å². The van der Waals surface area contributed by atoms with E-state index in [9.17, 15) is 18.4 Å². The van der Waals surface area contributed by atoms with Crippen LogP contribution in [0.5, 0.6) is 5.75 Å². The minimum absolute atomic E-state index is 0.225. The number of H-pyrrole nitrogens is 1. The van der Waals surface area contributed by atoms with Crippen LogP contribution in [0.15, 0.2) is 42.6 Å². The van der Waals surface area contributed by atoms with Crippen LogP contribution >= 0.6 is 0 Å². The lowest BCUT2D eigenvalue weighted by molar-refractivity contribution is -0.143. The van der Waals surface area contributed by atoms with Crippen LogP contribution in [0.25, 0.3) is 10.9 Å². The molecule has 1 amide bonds. The van der Waals surface area contributed by atoms with E-state index < -0.39 is 31.0 Å². The van der Waals surface area contributed by atoms with Gasteiger partial charge in [-0.25, -0.2) is 13.6 Å². The number of ether oxygens (including phenoxy) is 2. The van der Waals surface area contributed by atoms with Crippen molar-refractivity contribution in [1.29, 1.82) is 0 Å². The van der Waals surface area contributed by atoms with E-state index in [2.05, 4.69) is 15.5 Å². The van der Waals surface area contributed by atoms with Gasteiger partial charge in [0.05, 0.1) is 24.4 Å². The van der Waals surface area contributed by atoms with Gasteiger partial charge in [-0.3, -0.25) is 9.89 Å². The van der Waals surface area contributed by atoms with Gasteiger partial charge in [0.15, 0.2) is 6.04 Å². The molecule has 2 N–H and O–H groups in total. The quantitative estimate of drug-likeness (QED) is 0.591. The average Bonchev–Trinajstić information content (AvgIpc) is 3.18. The van der Waals surface area contributed by atoms with Crippen molar-refractivity contribution in [3.8, 4) is 5.75 Å². The first-order valence-electron chi connectivity index (χ1n) is 8.73. The molecule has 0 aliphatic carbocycles. The molecule has 1 atom stereocenters. The summed E-state index contributed by atoms with van der Waals surface area (Å²) >= 11 is 0. The van der Waals surface area contributed by atoms with Crippen LogP contribution in [0, 0.1) is 6.92 Å². The summed E-state index contributed by atoms with van der Waals surface area (Å²) in [6.45, 7) is 1.05. The number of halogens is 2. The first-order valence-corrected chi connectivity index (χ1v) is 8.73. The lowest BCUT2D eigenvalue weighted by Crippen LogP contribution is -2.35. The maximum atomic E-state index is 13.0. The number of nitrogens with zero attached hydrogens (tertiary/aromatic N) is 1. The van der Waals surface area contributed by atoms with Crippen LogP contribution in [0.4, 0.5) is 8.78 Å². The van der Waals surface area contributed by atoms with Gasteiger partial charge in [0.25, 0.3) is 12.3 Å². The van der Waals surface area contributed by atoms with Gasteiger partial charge in [-0.1, -0.05) is 18.2 Å². The van der Waals surface area contributed by atoms with E-state index in [0.29, 0.717) is 22.0 Å². The highest BCUT2D eigenvalue weighted by molar-refractivity contribution is 6.08. The Morgan fingerprint density at radius 1 is 1.17 bits per heavy atom. The molecule has 29 heavy (non-hydrogen) atoms. The number of amides is 1. The van der Waals surface area contributed by atoms with E-state index in [0.717, 1.165) is 5.56 Å². The van der Waals surface area contributed by atoms with Crippen molar-refractivity contribution in [3.05, 3.63) is 59.3 Å². The van der Waals surface area contributed by atoms with Gasteiger partial charge in [0, 0.05) is 5.39 Å². The molecule has 9 heteroatoms. The maximum Gasteiger partial charge on any atom is 0.333 e. The van der Waals surface area contributed by atoms with Crippen LogP contribution in [0.2, 0.25) is 0 Å². The van der Waals surface area contributed by atoms with E-state index >= 15 is 0 Å². The van der Waals surface area contributed by atoms with Crippen molar-refractivity contribution < 1.29 is 27.8 Å². The number of esters is 1. The minimum Gasteiger partial charge on any atom is -0.488 e. The summed E-state index contributed by atoms with van der Waals surface area (Å²) in [6.07, 6.45) is -1.05. The minimum atomic E-state index is -2.59. The number of carbonyl (C=O) groups excluding carboxylic acids is 2. The summed E-state index contributed by atoms with van der Waals surface area (Å²) in [4.78, 5) is 25.2. The zero-order chi connectivity index (χ0) is 21.0. The normalized spacial score (nSPS) is 12.0. The number of nitrogens with one attached hydrogen (secondary N) is 2. The number of hydrogen-bond donors (Lipinski definition) is 2. The number of alkyl halides is 2. The van der Waals surface area contributed by atoms with Crippen molar-refractivity contribution >= 4 is 22.8 Å². The smallest absolute Gasteiger partial charge is 0.333 e. The molecule has 0 bridgehead atoms. The van der Waals surface area contributed by atoms with E-state index in [1.165, 1.54) is 31.4 Å². The summed E-state index contributed by atoms with van der Waals surface area (Å²) in [7, 11) is 1.21. The Labute approximate surface area is 165 Å². The SMILES string of the molecule is COC(=O)C(NC(=O)c1c(C)ccc2[nH]ncc12)c1ccc(OCC(F)F)cc1. The molecule has 0 aliphatic heterocycles. The Hall–Kier alpha value is -3.49. The number of aromatic amines is 1. The fourth-order valence-corrected chi connectivity index (χ4v) is 2.94. The first-order chi connectivity index (χ1) is 13.9. The monoisotopic (exact) mass is 403 g/mol. The molecule has 3 aromatic rings. The highest BCUT2D eigenvalue weighted by Crippen LogP contribution is 2.23. The molecule has 0 radical (unpaired) electrons. The third-order valence-electron chi connectivity index (χ3n) is 4.36. The van der Waals surface area contributed by atoms with E-state index in [4.69, 9.17) is 9.47 Å². The predicted molar refractivity (Wildman–Crippen MR) is 101 cm³/mol. The summed E-state index contributed by atoms with van der Waals surface area (Å²) in [5.74, 6) is -0.914. The van der Waals surface area contributed by atoms with E-state index in [-0.39, 0.29) is 5.75 Å². The average molecular weight is 403 g/mol. The molecule has 0 spiro atoms. The molecule has 1 heterocycles. The van der Waals surface area contributed by atoms with Crippen molar-refractivity contribution in [1.82, 2.24) is 15.5 Å². The third kappa shape index (κ3) is 4.50. The molecule has 7 nitrogen and oxygen atoms in total. The molecule has 152 valence electrons. The number of hydrogen-bond acceptors (Lipinski definition) is 5. The molecule has 0 saturated carbocycles. The highest BCUT2D eigenvalue weighted by Gasteiger charge is 2.26. The van der Waals surface area contributed by atoms with Gasteiger partial charge in [-0.15, -0.1) is 0 Å². The van der Waals surface area contributed by atoms with E-state index in [1.54, 1.807) is 19.2 Å². The molecule has 1 unspecified atom stereocenters. The number of aryl methyl sites for hydroxylation is 1. The second-order valence-electron chi connectivity index (χ2n) is 6.29. The summed E-state index contributed by atoms with van der Waals surface area (Å²) in [5, 5.41) is 10.1. The van der Waals surface area contributed by atoms with Gasteiger partial charge in [-0.05, 0) is 36.2 Å². The highest BCUT2D eigenvalue weighted by atomic mass is 19.3. The van der Waals surface area contributed by atoms with E-state index in [1.807, 2.05) is 6.07 Å². The van der Waals surface area contributed by atoms with Gasteiger partial charge < -0.3 is 14.8 Å². The molecule has 0 saturated heterocycles. The zero-order valence-electron chi connectivity index (χ0n) is 15.7. The second kappa shape index (κ2) is 8.68. The fourth-order valence-electron chi connectivity index (χ4n) is 2.94. The summed E-state index contributed by atoms with van der Waals surface area (Å²) in [5.41, 5.74) is 2.22. The topological polar surface area (TPSA) is 93.3 Å². The molecular formula is C20H19F2N3O4. The number of benzene rings is 2. The largest absolute Gasteiger partial charge is 0.488 e. The lowest BCUT2D eigenvalue weighted by atomic mass is 10.0. The number of fused-ring (bicyclic) bond motifs is 1. The molecule has 0 fully saturated rings. The molecular weight excluding hydrogens is 384 g/mol. The van der Waals surface area contributed by atoms with Crippen LogP contribution in [-0.2, 0) is 9.53 Å². The van der Waals surface area contributed by atoms with Crippen molar-refractivity contribution in [2.24, 2.45) is 0 Å². The Balaban J connectivity index is 1.86. The van der Waals surface area contributed by atoms with Crippen molar-refractivity contribution in [3.63, 3.8) is 0 Å². The van der Waals surface area contributed by atoms with Crippen LogP contribution in [-0.4, -0.2) is 42.2 Å². The predicted octanol–water partition coefficient (Wildman–Crippen LogP) is 3.16. The Morgan fingerprint density at radius 2 is 1.90 bits per heavy atom. The van der Waals surface area contributed by atoms with Crippen LogP contribution < -0.4 is 10.1 Å². The first kappa shape index (κ1) is 20.2. The molecule has 0 aliphatic rings. The zero-order valence-corrected chi connectivity index (χ0v) is 15.7. The van der Waals surface area contributed by atoms with Crippen molar-refractivity contribution in [2.75, 3.05) is 13.7 Å². The van der Waals surface area contributed by atoms with Gasteiger partial charge in [-0.2, -0.15) is 5.10 Å². The molecule has 1 aromatic heterocycles. The second-order valence-corrected chi connectivity index (χ2v) is 6.29. The Bertz CT molecular complexity index is 1020. The summed E-state index contributed by atoms with van der Waals surface area (Å²) < 4.78 is 34.3. The standard InChI is InChI=1S/C20H19F2N3O4/c1-11-3-8-15-14(9-23-25-15)17(11)19(26)24-18(20(27)28-2)12-4-6-13(7-5-12)29-10-16(21)22/h3-9,16,18H,10H2,1-2H3,(H,23,25)(H,24,26). The van der Waals surface area contributed by atoms with Crippen LogP contribution in [0.1, 0.15) is 27.5 Å². The number of methoxy groups -OCH3 is 1. The number of rotatable bonds is 7. The fraction of sp³-hybridized carbons (Fsp3) is 0.250. The van der Waals surface area contributed by atoms with Gasteiger partial charge >= 0.3 is 5.97 Å². The lowest BCUT2D eigenvalue weighted by Gasteiger charge is -2.18. The Morgan fingerprint density at radius 3 is 2.55 bits per heavy atom. The Kier molecular flexibility index (Phi) is 6.06. The number of carbonyl (C=O) groups is 2. The molecule has 2 aromatic carbocycles.